The second kappa shape index (κ2) is 8.27. The molecule has 3 aliphatic heterocycles. The third-order valence-corrected chi connectivity index (χ3v) is 7.75. The number of ether oxygens (including phenoxy) is 2. The van der Waals surface area contributed by atoms with Gasteiger partial charge < -0.3 is 27.6 Å². The zero-order chi connectivity index (χ0) is 20.0. The minimum Gasteiger partial charge on any atom is -0.379 e. The molecule has 2 bridgehead atoms. The minimum absolute atomic E-state index is 0.0205. The molecule has 0 aromatic heterocycles. The molecule has 0 saturated carbocycles. The van der Waals surface area contributed by atoms with Gasteiger partial charge in [0.2, 0.25) is 0 Å². The van der Waals surface area contributed by atoms with Crippen LogP contribution in [0.25, 0.3) is 0 Å². The third-order valence-electron chi connectivity index (χ3n) is 5.26. The molecule has 3 saturated heterocycles. The highest BCUT2D eigenvalue weighted by Crippen LogP contribution is 2.53. The summed E-state index contributed by atoms with van der Waals surface area (Å²) in [6.45, 7) is 6.40. The van der Waals surface area contributed by atoms with E-state index in [1.807, 2.05) is 13.8 Å². The van der Waals surface area contributed by atoms with Crippen LogP contribution in [0.4, 0.5) is 0 Å². The molecule has 13 heteroatoms. The van der Waals surface area contributed by atoms with Crippen LogP contribution in [0.3, 0.4) is 0 Å². The van der Waals surface area contributed by atoms with Crippen molar-refractivity contribution in [2.75, 3.05) is 26.5 Å². The number of hydrogen-bond donors (Lipinski definition) is 0. The van der Waals surface area contributed by atoms with E-state index in [1.54, 1.807) is 0 Å². The van der Waals surface area contributed by atoms with Crippen molar-refractivity contribution < 1.29 is 36.7 Å². The summed E-state index contributed by atoms with van der Waals surface area (Å²) in [5.74, 6) is -0.462. The van der Waals surface area contributed by atoms with Gasteiger partial charge in [0.25, 0.3) is 0 Å². The van der Waals surface area contributed by atoms with Gasteiger partial charge in [-0.25, -0.2) is 0 Å². The van der Waals surface area contributed by atoms with E-state index in [4.69, 9.17) is 43.2 Å². The van der Waals surface area contributed by atoms with E-state index in [-0.39, 0.29) is 25.0 Å². The van der Waals surface area contributed by atoms with E-state index in [0.29, 0.717) is 0 Å². The zero-order valence-corrected chi connectivity index (χ0v) is 17.7. The first-order valence-corrected chi connectivity index (χ1v) is 12.9. The van der Waals surface area contributed by atoms with E-state index in [9.17, 15) is 9.13 Å². The van der Waals surface area contributed by atoms with Crippen molar-refractivity contribution in [2.45, 2.75) is 50.3 Å². The van der Waals surface area contributed by atoms with Gasteiger partial charge in [-0.3, -0.25) is 9.13 Å². The molecule has 0 amide bonds. The summed E-state index contributed by atoms with van der Waals surface area (Å²) in [7, 11) is 6.05. The lowest BCUT2D eigenvalue weighted by molar-refractivity contribution is -0.00967. The van der Waals surface area contributed by atoms with Crippen molar-refractivity contribution in [1.82, 2.24) is 0 Å². The van der Waals surface area contributed by atoms with Crippen LogP contribution in [0.1, 0.15) is 13.8 Å². The summed E-state index contributed by atoms with van der Waals surface area (Å²) >= 11 is 0. The fourth-order valence-electron chi connectivity index (χ4n) is 3.56. The first-order valence-electron chi connectivity index (χ1n) is 8.95. The molecular weight excluding hydrogens is 391 g/mol. The summed E-state index contributed by atoms with van der Waals surface area (Å²) < 4.78 is 59.8. The predicted molar refractivity (Wildman–Crippen MR) is 102 cm³/mol. The number of hydrogen-bond acceptors (Lipinski definition) is 8. The monoisotopic (exact) mass is 415 g/mol. The molecule has 10 atom stereocenters. The molecule has 0 aromatic carbocycles. The zero-order valence-electron chi connectivity index (χ0n) is 15.9. The fourth-order valence-corrected chi connectivity index (χ4v) is 6.04. The van der Waals surface area contributed by atoms with Gasteiger partial charge in [-0.15, -0.1) is 0 Å². The predicted octanol–water partition coefficient (Wildman–Crippen LogP) is 1.13. The quantitative estimate of drug-likeness (QED) is 0.466. The highest BCUT2D eigenvalue weighted by Gasteiger charge is 2.48. The van der Waals surface area contributed by atoms with Crippen LogP contribution in [0.5, 0.6) is 0 Å². The van der Waals surface area contributed by atoms with Crippen LogP contribution in [0.15, 0.2) is 0 Å². The maximum atomic E-state index is 12.9. The Bertz CT molecular complexity index is 639. The topological polar surface area (TPSA) is 89.5 Å². The first kappa shape index (κ1) is 22.1. The van der Waals surface area contributed by atoms with Crippen LogP contribution in [-0.2, 0) is 36.7 Å². The van der Waals surface area contributed by atoms with Gasteiger partial charge in [-0.1, -0.05) is 13.8 Å². The van der Waals surface area contributed by atoms with Crippen LogP contribution >= 0.6 is 15.2 Å². The first-order chi connectivity index (χ1) is 12.5. The van der Waals surface area contributed by atoms with Gasteiger partial charge >= 0.3 is 15.2 Å². The molecule has 3 rings (SSSR count). The lowest BCUT2D eigenvalue weighted by Gasteiger charge is -2.27. The Morgan fingerprint density at radius 2 is 1.44 bits per heavy atom. The maximum absolute atomic E-state index is 12.9. The Labute approximate surface area is 163 Å². The average Bonchev–Trinajstić information content (AvgIpc) is 3.02. The Kier molecular flexibility index (Phi) is 6.77. The summed E-state index contributed by atoms with van der Waals surface area (Å²) in [6.07, 6.45) is -2.31. The van der Waals surface area contributed by atoms with E-state index in [1.165, 1.54) is 20.5 Å². The minimum atomic E-state index is -3.45. The summed E-state index contributed by atoms with van der Waals surface area (Å²) in [5.41, 5.74) is 0. The highest BCUT2D eigenvalue weighted by atomic mass is 31.2. The Hall–Kier alpha value is 0.415. The fraction of sp³-hybridized carbons (Fsp3) is 1.00. The lowest BCUT2D eigenvalue weighted by atomic mass is 9.50. The lowest BCUT2D eigenvalue weighted by Crippen LogP contribution is -2.34. The second-order valence-corrected chi connectivity index (χ2v) is 11.5. The van der Waals surface area contributed by atoms with Crippen molar-refractivity contribution in [1.29, 1.82) is 0 Å². The van der Waals surface area contributed by atoms with E-state index in [2.05, 4.69) is 0 Å². The second-order valence-electron chi connectivity index (χ2n) is 7.46. The highest BCUT2D eigenvalue weighted by molar-refractivity contribution is 7.53. The Morgan fingerprint density at radius 3 is 2.04 bits per heavy atom. The summed E-state index contributed by atoms with van der Waals surface area (Å²) in [5, 5.41) is 0. The summed E-state index contributed by atoms with van der Waals surface area (Å²) in [6, 6.07) is -1.21. The molecule has 3 aliphatic rings. The van der Waals surface area contributed by atoms with Crippen LogP contribution in [0, 0.1) is 11.8 Å². The smallest absolute Gasteiger partial charge is 0.328 e. The normalized spacial score (nSPS) is 54.4. The molecule has 0 aliphatic carbocycles. The number of rotatable bonds is 1. The van der Waals surface area contributed by atoms with Gasteiger partial charge in [0.05, 0.1) is 38.7 Å². The SMILES string of the molecule is [B][B][C@@H]1O[C@@H]2COP(C)(=O)O[C@H]3[C@@H](C)[C@H]([B])O[C@@H]3COP(C)(=O)O[C@@H]1[C@@H]2C. The molecule has 0 spiro atoms. The molecule has 2 unspecified atom stereocenters. The van der Waals surface area contributed by atoms with Crippen LogP contribution in [0.2, 0.25) is 0 Å². The Morgan fingerprint density at radius 1 is 0.889 bits per heavy atom. The molecule has 147 valence electrons. The van der Waals surface area contributed by atoms with Crippen molar-refractivity contribution in [3.05, 3.63) is 0 Å². The van der Waals surface area contributed by atoms with Crippen LogP contribution < -0.4 is 0 Å². The molecule has 0 aromatic rings. The Balaban J connectivity index is 1.86. The molecular formula is C14H24B3O8P2. The molecule has 27 heavy (non-hydrogen) atoms. The molecule has 3 heterocycles. The summed E-state index contributed by atoms with van der Waals surface area (Å²) in [4.78, 5) is 0. The standard InChI is InChI=1S/C14H24B3O8P2/c1-7-9-5-20-26(3,18)24-11-8(2)13(15)22-10(11)6-21-27(4,19)25-12(7)14(17-16)23-9/h7-14H,5-6H2,1-4H3/t7-,8-,9-,10-,11+,12-,13-,14-,26?,27?/m1/s1. The van der Waals surface area contributed by atoms with Gasteiger partial charge in [0, 0.05) is 44.9 Å². The van der Waals surface area contributed by atoms with Crippen LogP contribution in [-0.4, -0.2) is 85.7 Å². The third kappa shape index (κ3) is 4.95. The van der Waals surface area contributed by atoms with Crippen molar-refractivity contribution in [2.24, 2.45) is 11.8 Å². The molecule has 8 nitrogen and oxygen atoms in total. The van der Waals surface area contributed by atoms with E-state index >= 15 is 0 Å². The molecule has 5 radical (unpaired) electrons. The van der Waals surface area contributed by atoms with Crippen molar-refractivity contribution in [3.8, 4) is 0 Å². The molecule has 3 fully saturated rings. The number of fused-ring (bicyclic) bond motifs is 3. The van der Waals surface area contributed by atoms with Crippen molar-refractivity contribution >= 4 is 37.9 Å². The van der Waals surface area contributed by atoms with Gasteiger partial charge in [-0.05, 0) is 0 Å². The average molecular weight is 415 g/mol. The maximum Gasteiger partial charge on any atom is 0.328 e. The van der Waals surface area contributed by atoms with Gasteiger partial charge in [-0.2, -0.15) is 0 Å². The van der Waals surface area contributed by atoms with Gasteiger partial charge in [0.1, 0.15) is 14.0 Å². The molecule has 0 N–H and O–H groups in total. The van der Waals surface area contributed by atoms with E-state index < -0.39 is 51.6 Å². The van der Waals surface area contributed by atoms with E-state index in [0.717, 1.165) is 0 Å². The van der Waals surface area contributed by atoms with Crippen molar-refractivity contribution in [3.63, 3.8) is 0 Å². The largest absolute Gasteiger partial charge is 0.379 e. The van der Waals surface area contributed by atoms with Gasteiger partial charge in [0.15, 0.2) is 0 Å².